The van der Waals surface area contributed by atoms with E-state index < -0.39 is 6.10 Å². The summed E-state index contributed by atoms with van der Waals surface area (Å²) < 4.78 is 13.5. The number of aliphatic hydroxyl groups is 1. The summed E-state index contributed by atoms with van der Waals surface area (Å²) in [6, 6.07) is 1.48. The molecule has 0 aliphatic heterocycles. The van der Waals surface area contributed by atoms with Crippen molar-refractivity contribution < 1.29 is 9.50 Å². The Balaban J connectivity index is 2.17. The first-order valence-corrected chi connectivity index (χ1v) is 7.70. The van der Waals surface area contributed by atoms with E-state index in [1.807, 2.05) is 0 Å². The molecule has 0 aromatic carbocycles. The van der Waals surface area contributed by atoms with E-state index in [4.69, 9.17) is 0 Å². The molecule has 2 nitrogen and oxygen atoms in total. The number of nitrogens with zero attached hydrogens (tertiary/aromatic N) is 1. The molecule has 112 valence electrons. The Morgan fingerprint density at radius 2 is 2.00 bits per heavy atom. The van der Waals surface area contributed by atoms with Crippen LogP contribution in [0.2, 0.25) is 0 Å². The Kier molecular flexibility index (Phi) is 4.79. The predicted octanol–water partition coefficient (Wildman–Crippen LogP) is 4.74. The average molecular weight is 279 g/mol. The summed E-state index contributed by atoms with van der Waals surface area (Å²) in [5.74, 6) is 0.0476. The van der Waals surface area contributed by atoms with E-state index in [1.54, 1.807) is 0 Å². The highest BCUT2D eigenvalue weighted by atomic mass is 19.1. The second kappa shape index (κ2) is 6.21. The van der Waals surface area contributed by atoms with Crippen LogP contribution in [0.3, 0.4) is 0 Å². The standard InChI is InChI=1S/C17H26FNO/c1-17(2,3)9-8-15(20)14-10-13(18)11-19-16(14)12-6-4-5-7-12/h10-12,15,20H,4-9H2,1-3H3/t15-/m0/s1. The lowest BCUT2D eigenvalue weighted by Gasteiger charge is -2.23. The van der Waals surface area contributed by atoms with Crippen LogP contribution >= 0.6 is 0 Å². The molecule has 0 unspecified atom stereocenters. The first-order valence-electron chi connectivity index (χ1n) is 7.70. The Hall–Kier alpha value is -0.960. The van der Waals surface area contributed by atoms with Gasteiger partial charge in [-0.05, 0) is 37.2 Å². The second-order valence-corrected chi connectivity index (χ2v) is 7.22. The second-order valence-electron chi connectivity index (χ2n) is 7.22. The predicted molar refractivity (Wildman–Crippen MR) is 79.1 cm³/mol. The van der Waals surface area contributed by atoms with Gasteiger partial charge in [0.25, 0.3) is 0 Å². The molecule has 1 heterocycles. The normalized spacial score (nSPS) is 18.4. The SMILES string of the molecule is CC(C)(C)CC[C@H](O)c1cc(F)cnc1C1CCCC1. The minimum absolute atomic E-state index is 0.176. The van der Waals surface area contributed by atoms with E-state index in [-0.39, 0.29) is 11.2 Å². The third kappa shape index (κ3) is 4.02. The summed E-state index contributed by atoms with van der Waals surface area (Å²) in [4.78, 5) is 4.29. The summed E-state index contributed by atoms with van der Waals surface area (Å²) >= 11 is 0. The fourth-order valence-electron chi connectivity index (χ4n) is 3.00. The smallest absolute Gasteiger partial charge is 0.141 e. The van der Waals surface area contributed by atoms with E-state index in [2.05, 4.69) is 25.8 Å². The van der Waals surface area contributed by atoms with Crippen molar-refractivity contribution in [1.29, 1.82) is 0 Å². The van der Waals surface area contributed by atoms with Gasteiger partial charge in [-0.25, -0.2) is 4.39 Å². The molecule has 1 N–H and O–H groups in total. The summed E-state index contributed by atoms with van der Waals surface area (Å²) in [7, 11) is 0. The van der Waals surface area contributed by atoms with Crippen molar-refractivity contribution in [2.75, 3.05) is 0 Å². The van der Waals surface area contributed by atoms with Crippen molar-refractivity contribution in [3.63, 3.8) is 0 Å². The Bertz CT molecular complexity index is 447. The number of aromatic nitrogens is 1. The van der Waals surface area contributed by atoms with Gasteiger partial charge in [0, 0.05) is 17.2 Å². The van der Waals surface area contributed by atoms with Gasteiger partial charge in [0.15, 0.2) is 0 Å². The maximum absolute atomic E-state index is 13.5. The van der Waals surface area contributed by atoms with Crippen molar-refractivity contribution >= 4 is 0 Å². The van der Waals surface area contributed by atoms with E-state index in [1.165, 1.54) is 25.1 Å². The molecule has 1 atom stereocenters. The Morgan fingerprint density at radius 3 is 2.60 bits per heavy atom. The van der Waals surface area contributed by atoms with Gasteiger partial charge >= 0.3 is 0 Å². The maximum Gasteiger partial charge on any atom is 0.141 e. The molecule has 3 heteroatoms. The van der Waals surface area contributed by atoms with Gasteiger partial charge in [-0.3, -0.25) is 4.98 Å². The summed E-state index contributed by atoms with van der Waals surface area (Å²) in [5, 5.41) is 10.4. The Morgan fingerprint density at radius 1 is 1.35 bits per heavy atom. The minimum atomic E-state index is -0.604. The van der Waals surface area contributed by atoms with Crippen molar-refractivity contribution in [3.05, 3.63) is 29.3 Å². The molecule has 1 aliphatic carbocycles. The minimum Gasteiger partial charge on any atom is -0.388 e. The maximum atomic E-state index is 13.5. The molecule has 1 aliphatic rings. The Labute approximate surface area is 121 Å². The van der Waals surface area contributed by atoms with Crippen LogP contribution in [0.25, 0.3) is 0 Å². The molecule has 2 rings (SSSR count). The van der Waals surface area contributed by atoms with E-state index in [9.17, 15) is 9.50 Å². The van der Waals surface area contributed by atoms with Crippen LogP contribution in [-0.4, -0.2) is 10.1 Å². The van der Waals surface area contributed by atoms with Crippen molar-refractivity contribution in [1.82, 2.24) is 4.98 Å². The molecule has 0 amide bonds. The van der Waals surface area contributed by atoms with Crippen molar-refractivity contribution in [3.8, 4) is 0 Å². The van der Waals surface area contributed by atoms with Gasteiger partial charge in [-0.15, -0.1) is 0 Å². The fraction of sp³-hybridized carbons (Fsp3) is 0.706. The van der Waals surface area contributed by atoms with Crippen molar-refractivity contribution in [2.45, 2.75) is 71.3 Å². The molecular formula is C17H26FNO. The van der Waals surface area contributed by atoms with E-state index >= 15 is 0 Å². The molecule has 1 aromatic rings. The average Bonchev–Trinajstić information content (AvgIpc) is 2.88. The zero-order valence-corrected chi connectivity index (χ0v) is 12.8. The summed E-state index contributed by atoms with van der Waals surface area (Å²) in [6.07, 6.45) is 6.89. The summed E-state index contributed by atoms with van der Waals surface area (Å²) in [5.41, 5.74) is 1.81. The number of halogens is 1. The molecule has 1 fully saturated rings. The highest BCUT2D eigenvalue weighted by molar-refractivity contribution is 5.27. The lowest BCUT2D eigenvalue weighted by atomic mass is 9.86. The highest BCUT2D eigenvalue weighted by Gasteiger charge is 2.25. The van der Waals surface area contributed by atoms with Gasteiger partial charge in [0.05, 0.1) is 12.3 Å². The molecule has 0 spiro atoms. The van der Waals surface area contributed by atoms with Gasteiger partial charge in [-0.2, -0.15) is 0 Å². The fourth-order valence-corrected chi connectivity index (χ4v) is 3.00. The van der Waals surface area contributed by atoms with E-state index in [0.29, 0.717) is 17.9 Å². The van der Waals surface area contributed by atoms with Gasteiger partial charge < -0.3 is 5.11 Å². The first-order chi connectivity index (χ1) is 9.37. The first kappa shape index (κ1) is 15.4. The third-order valence-corrected chi connectivity index (χ3v) is 4.18. The zero-order chi connectivity index (χ0) is 14.8. The van der Waals surface area contributed by atoms with Gasteiger partial charge in [0.1, 0.15) is 5.82 Å². The van der Waals surface area contributed by atoms with Crippen LogP contribution in [0.15, 0.2) is 12.3 Å². The number of hydrogen-bond donors (Lipinski definition) is 1. The van der Waals surface area contributed by atoms with E-state index in [0.717, 1.165) is 25.0 Å². The number of hydrogen-bond acceptors (Lipinski definition) is 2. The van der Waals surface area contributed by atoms with Crippen LogP contribution < -0.4 is 0 Å². The lowest BCUT2D eigenvalue weighted by molar-refractivity contribution is 0.145. The third-order valence-electron chi connectivity index (χ3n) is 4.18. The molecule has 0 radical (unpaired) electrons. The molecular weight excluding hydrogens is 253 g/mol. The summed E-state index contributed by atoms with van der Waals surface area (Å²) in [6.45, 7) is 6.46. The van der Waals surface area contributed by atoms with Gasteiger partial charge in [0.2, 0.25) is 0 Å². The monoisotopic (exact) mass is 279 g/mol. The number of aliphatic hydroxyl groups excluding tert-OH is 1. The number of rotatable bonds is 4. The van der Waals surface area contributed by atoms with Crippen LogP contribution in [0.4, 0.5) is 4.39 Å². The molecule has 1 saturated carbocycles. The molecule has 1 aromatic heterocycles. The quantitative estimate of drug-likeness (QED) is 0.863. The zero-order valence-electron chi connectivity index (χ0n) is 12.8. The number of pyridine rings is 1. The highest BCUT2D eigenvalue weighted by Crippen LogP contribution is 2.38. The van der Waals surface area contributed by atoms with Crippen molar-refractivity contribution in [2.24, 2.45) is 5.41 Å². The topological polar surface area (TPSA) is 33.1 Å². The van der Waals surface area contributed by atoms with Crippen LogP contribution in [0.1, 0.15) is 82.6 Å². The molecule has 0 saturated heterocycles. The van der Waals surface area contributed by atoms with Crippen LogP contribution in [0.5, 0.6) is 0 Å². The van der Waals surface area contributed by atoms with Crippen LogP contribution in [-0.2, 0) is 0 Å². The lowest BCUT2D eigenvalue weighted by Crippen LogP contribution is -2.12. The molecule has 20 heavy (non-hydrogen) atoms. The largest absolute Gasteiger partial charge is 0.388 e. The van der Waals surface area contributed by atoms with Gasteiger partial charge in [-0.1, -0.05) is 33.6 Å². The molecule has 0 bridgehead atoms. The van der Waals surface area contributed by atoms with Crippen LogP contribution in [0, 0.1) is 11.2 Å².